The van der Waals surface area contributed by atoms with E-state index in [2.05, 4.69) is 50.4 Å². The summed E-state index contributed by atoms with van der Waals surface area (Å²) < 4.78 is 0. The molecule has 0 radical (unpaired) electrons. The second-order valence-electron chi connectivity index (χ2n) is 6.00. The van der Waals surface area contributed by atoms with Gasteiger partial charge in [-0.1, -0.05) is 63.2 Å². The summed E-state index contributed by atoms with van der Waals surface area (Å²) in [6.07, 6.45) is 0. The summed E-state index contributed by atoms with van der Waals surface area (Å²) in [7, 11) is 0. The first-order chi connectivity index (χ1) is 9.47. The molecule has 2 aromatic carbocycles. The van der Waals surface area contributed by atoms with Crippen molar-refractivity contribution in [3.05, 3.63) is 71.3 Å². The average molecular weight is 267 g/mol. The van der Waals surface area contributed by atoms with Gasteiger partial charge in [-0.3, -0.25) is 4.79 Å². The van der Waals surface area contributed by atoms with Crippen molar-refractivity contribution in [2.45, 2.75) is 32.7 Å². The molecule has 0 aliphatic carbocycles. The molecule has 0 saturated carbocycles. The van der Waals surface area contributed by atoms with Gasteiger partial charge in [0.05, 0.1) is 0 Å². The van der Waals surface area contributed by atoms with Gasteiger partial charge in [0.15, 0.2) is 0 Å². The fourth-order valence-corrected chi connectivity index (χ4v) is 2.00. The van der Waals surface area contributed by atoms with Crippen LogP contribution in [0.4, 0.5) is 0 Å². The zero-order valence-corrected chi connectivity index (χ0v) is 12.3. The minimum Gasteiger partial charge on any atom is -0.348 e. The molecule has 0 unspecified atom stereocenters. The van der Waals surface area contributed by atoms with Gasteiger partial charge in [0.2, 0.25) is 0 Å². The zero-order chi connectivity index (χ0) is 14.6. The van der Waals surface area contributed by atoms with Crippen LogP contribution in [0.5, 0.6) is 0 Å². The average Bonchev–Trinajstić information content (AvgIpc) is 2.45. The van der Waals surface area contributed by atoms with Crippen LogP contribution in [0, 0.1) is 0 Å². The first-order valence-corrected chi connectivity index (χ1v) is 6.89. The Hall–Kier alpha value is -2.09. The van der Waals surface area contributed by atoms with Gasteiger partial charge in [-0.25, -0.2) is 0 Å². The van der Waals surface area contributed by atoms with E-state index in [1.54, 1.807) is 0 Å². The third-order valence-corrected chi connectivity index (χ3v) is 3.31. The minimum absolute atomic E-state index is 0.0366. The smallest absolute Gasteiger partial charge is 0.251 e. The summed E-state index contributed by atoms with van der Waals surface area (Å²) in [5, 5.41) is 2.93. The number of carbonyl (C=O) groups excluding carboxylic acids is 1. The van der Waals surface area contributed by atoms with Crippen LogP contribution >= 0.6 is 0 Å². The third kappa shape index (κ3) is 3.70. The maximum absolute atomic E-state index is 11.9. The number of carbonyl (C=O) groups is 1. The van der Waals surface area contributed by atoms with E-state index >= 15 is 0 Å². The predicted octanol–water partition coefficient (Wildman–Crippen LogP) is 3.91. The summed E-state index contributed by atoms with van der Waals surface area (Å²) in [5.41, 5.74) is 3.27. The summed E-state index contributed by atoms with van der Waals surface area (Å²) in [4.78, 5) is 11.9. The van der Waals surface area contributed by atoms with Crippen molar-refractivity contribution in [3.8, 4) is 0 Å². The second kappa shape index (κ2) is 5.91. The molecule has 20 heavy (non-hydrogen) atoms. The fourth-order valence-electron chi connectivity index (χ4n) is 2.00. The molecule has 0 aliphatic rings. The molecule has 1 amide bonds. The number of hydrogen-bond donors (Lipinski definition) is 1. The molecule has 0 heterocycles. The van der Waals surface area contributed by atoms with E-state index in [0.29, 0.717) is 12.1 Å². The standard InChI is InChI=1S/C18H21NO/c1-18(2,3)16-11-9-14(10-12-16)13-19-17(20)15-7-5-4-6-8-15/h4-12H,13H2,1-3H3,(H,19,20). The first-order valence-electron chi connectivity index (χ1n) is 6.89. The molecule has 2 rings (SSSR count). The molecule has 0 aromatic heterocycles. The van der Waals surface area contributed by atoms with Gasteiger partial charge < -0.3 is 5.32 Å². The van der Waals surface area contributed by atoms with Gasteiger partial charge in [0.25, 0.3) is 5.91 Å². The molecule has 2 heteroatoms. The van der Waals surface area contributed by atoms with Gasteiger partial charge >= 0.3 is 0 Å². The number of hydrogen-bond acceptors (Lipinski definition) is 1. The third-order valence-electron chi connectivity index (χ3n) is 3.31. The molecule has 0 aliphatic heterocycles. The predicted molar refractivity (Wildman–Crippen MR) is 82.8 cm³/mol. The second-order valence-corrected chi connectivity index (χ2v) is 6.00. The molecule has 2 nitrogen and oxygen atoms in total. The van der Waals surface area contributed by atoms with Crippen molar-refractivity contribution >= 4 is 5.91 Å². The lowest BCUT2D eigenvalue weighted by Crippen LogP contribution is -2.22. The summed E-state index contributed by atoms with van der Waals surface area (Å²) >= 11 is 0. The molecule has 0 saturated heterocycles. The summed E-state index contributed by atoms with van der Waals surface area (Å²) in [6.45, 7) is 7.13. The molecule has 0 spiro atoms. The Morgan fingerprint density at radius 1 is 0.950 bits per heavy atom. The van der Waals surface area contributed by atoms with Crippen molar-refractivity contribution in [1.29, 1.82) is 0 Å². The van der Waals surface area contributed by atoms with Gasteiger partial charge in [-0.2, -0.15) is 0 Å². The number of benzene rings is 2. The fraction of sp³-hybridized carbons (Fsp3) is 0.278. The molecule has 2 aromatic rings. The van der Waals surface area contributed by atoms with Gasteiger partial charge in [0.1, 0.15) is 0 Å². The van der Waals surface area contributed by atoms with Crippen LogP contribution in [-0.4, -0.2) is 5.91 Å². The van der Waals surface area contributed by atoms with Crippen molar-refractivity contribution < 1.29 is 4.79 Å². The van der Waals surface area contributed by atoms with Crippen LogP contribution in [0.1, 0.15) is 42.3 Å². The van der Waals surface area contributed by atoms with E-state index in [1.807, 2.05) is 30.3 Å². The monoisotopic (exact) mass is 267 g/mol. The van der Waals surface area contributed by atoms with Crippen LogP contribution in [0.15, 0.2) is 54.6 Å². The minimum atomic E-state index is -0.0366. The summed E-state index contributed by atoms with van der Waals surface area (Å²) in [5.74, 6) is -0.0366. The Kier molecular flexibility index (Phi) is 4.23. The van der Waals surface area contributed by atoms with E-state index in [1.165, 1.54) is 5.56 Å². The Labute approximate surface area is 120 Å². The summed E-state index contributed by atoms with van der Waals surface area (Å²) in [6, 6.07) is 17.7. The van der Waals surface area contributed by atoms with Crippen LogP contribution in [0.3, 0.4) is 0 Å². The van der Waals surface area contributed by atoms with Gasteiger partial charge in [-0.15, -0.1) is 0 Å². The van der Waals surface area contributed by atoms with Crippen LogP contribution < -0.4 is 5.32 Å². The number of rotatable bonds is 3. The van der Waals surface area contributed by atoms with Crippen molar-refractivity contribution in [2.75, 3.05) is 0 Å². The van der Waals surface area contributed by atoms with Crippen molar-refractivity contribution in [3.63, 3.8) is 0 Å². The van der Waals surface area contributed by atoms with Crippen molar-refractivity contribution in [1.82, 2.24) is 5.32 Å². The Morgan fingerprint density at radius 2 is 1.55 bits per heavy atom. The quantitative estimate of drug-likeness (QED) is 0.897. The van der Waals surface area contributed by atoms with Gasteiger partial charge in [-0.05, 0) is 28.7 Å². The molecule has 0 fully saturated rings. The Balaban J connectivity index is 1.96. The van der Waals surface area contributed by atoms with E-state index in [0.717, 1.165) is 5.56 Å². The molecular formula is C18H21NO. The van der Waals surface area contributed by atoms with E-state index in [9.17, 15) is 4.79 Å². The van der Waals surface area contributed by atoms with Crippen LogP contribution in [0.25, 0.3) is 0 Å². The number of nitrogens with one attached hydrogen (secondary N) is 1. The maximum Gasteiger partial charge on any atom is 0.251 e. The van der Waals surface area contributed by atoms with Crippen molar-refractivity contribution in [2.24, 2.45) is 0 Å². The molecule has 0 atom stereocenters. The lowest BCUT2D eigenvalue weighted by atomic mass is 9.87. The highest BCUT2D eigenvalue weighted by atomic mass is 16.1. The van der Waals surface area contributed by atoms with E-state index in [-0.39, 0.29) is 11.3 Å². The maximum atomic E-state index is 11.9. The lowest BCUT2D eigenvalue weighted by Gasteiger charge is -2.19. The molecule has 104 valence electrons. The first kappa shape index (κ1) is 14.3. The van der Waals surface area contributed by atoms with Crippen LogP contribution in [0.2, 0.25) is 0 Å². The lowest BCUT2D eigenvalue weighted by molar-refractivity contribution is 0.0951. The van der Waals surface area contributed by atoms with E-state index in [4.69, 9.17) is 0 Å². The molecule has 1 N–H and O–H groups in total. The number of amides is 1. The topological polar surface area (TPSA) is 29.1 Å². The van der Waals surface area contributed by atoms with E-state index < -0.39 is 0 Å². The highest BCUT2D eigenvalue weighted by Crippen LogP contribution is 2.22. The molecule has 0 bridgehead atoms. The zero-order valence-electron chi connectivity index (χ0n) is 12.3. The van der Waals surface area contributed by atoms with Crippen LogP contribution in [-0.2, 0) is 12.0 Å². The largest absolute Gasteiger partial charge is 0.348 e. The highest BCUT2D eigenvalue weighted by molar-refractivity contribution is 5.94. The van der Waals surface area contributed by atoms with Gasteiger partial charge in [0, 0.05) is 12.1 Å². The Morgan fingerprint density at radius 3 is 2.10 bits per heavy atom. The molecular weight excluding hydrogens is 246 g/mol. The normalized spacial score (nSPS) is 11.2. The Bertz CT molecular complexity index is 565. The SMILES string of the molecule is CC(C)(C)c1ccc(CNC(=O)c2ccccc2)cc1. The highest BCUT2D eigenvalue weighted by Gasteiger charge is 2.12.